The number of ether oxygens (including phenoxy) is 2. The number of hydrogen-bond acceptors (Lipinski definition) is 7. The summed E-state index contributed by atoms with van der Waals surface area (Å²) < 4.78 is 56.2. The standard InChI is InChI=1S/C39H44F3N5O3/c1-24(2)33-8-9-34(45-44-33)26-4-6-30(7-5-26)50-37-21-36-31(19-28(37)23-47-22-25(3)18-38(47)48)32(39(40,41)42)20-35(43-36)27-10-14-46(15-11-27)29-12-16-49-17-13-29/h4-9,19-21,24-25,27,29H,10-18,22-23H2,1-3H3. The van der Waals surface area contributed by atoms with Gasteiger partial charge in [0.05, 0.1) is 22.5 Å². The maximum Gasteiger partial charge on any atom is 0.417 e. The van der Waals surface area contributed by atoms with Gasteiger partial charge in [0.25, 0.3) is 0 Å². The summed E-state index contributed by atoms with van der Waals surface area (Å²) in [5.74, 6) is 1.24. The molecule has 7 rings (SSSR count). The van der Waals surface area contributed by atoms with Crippen LogP contribution in [0, 0.1) is 5.92 Å². The molecule has 0 bridgehead atoms. The van der Waals surface area contributed by atoms with E-state index in [2.05, 4.69) is 28.9 Å². The Hall–Kier alpha value is -4.09. The summed E-state index contributed by atoms with van der Waals surface area (Å²) in [5.41, 5.74) is 3.00. The van der Waals surface area contributed by atoms with E-state index in [1.807, 2.05) is 43.3 Å². The second-order valence-corrected chi connectivity index (χ2v) is 14.4. The molecule has 1 amide bonds. The summed E-state index contributed by atoms with van der Waals surface area (Å²) in [4.78, 5) is 21.8. The lowest BCUT2D eigenvalue weighted by molar-refractivity contribution is -0.136. The van der Waals surface area contributed by atoms with E-state index in [9.17, 15) is 18.0 Å². The molecule has 3 aliphatic rings. The summed E-state index contributed by atoms with van der Waals surface area (Å²) in [6.07, 6.45) is -0.679. The normalized spacial score (nSPS) is 19.9. The van der Waals surface area contributed by atoms with Crippen molar-refractivity contribution in [3.63, 3.8) is 0 Å². The minimum absolute atomic E-state index is 0.0155. The molecule has 0 spiro atoms. The lowest BCUT2D eigenvalue weighted by Crippen LogP contribution is -2.43. The Kier molecular flexibility index (Phi) is 9.80. The number of alkyl halides is 3. The molecule has 0 N–H and O–H groups in total. The third kappa shape index (κ3) is 7.49. The largest absolute Gasteiger partial charge is 0.457 e. The first-order valence-electron chi connectivity index (χ1n) is 17.8. The highest BCUT2D eigenvalue weighted by Gasteiger charge is 2.36. The number of pyridine rings is 1. The lowest BCUT2D eigenvalue weighted by Gasteiger charge is -2.39. The van der Waals surface area contributed by atoms with E-state index in [0.717, 1.165) is 68.9 Å². The molecule has 3 fully saturated rings. The molecule has 50 heavy (non-hydrogen) atoms. The van der Waals surface area contributed by atoms with Crippen LogP contribution in [0.5, 0.6) is 11.5 Å². The number of nitrogens with zero attached hydrogens (tertiary/aromatic N) is 5. The number of rotatable bonds is 8. The van der Waals surface area contributed by atoms with Crippen molar-refractivity contribution in [1.82, 2.24) is 25.0 Å². The van der Waals surface area contributed by atoms with Crippen molar-refractivity contribution in [2.75, 3.05) is 32.8 Å². The zero-order valence-corrected chi connectivity index (χ0v) is 28.9. The van der Waals surface area contributed by atoms with Gasteiger partial charge in [-0.3, -0.25) is 9.78 Å². The third-order valence-corrected chi connectivity index (χ3v) is 10.4. The molecule has 11 heteroatoms. The first kappa shape index (κ1) is 34.4. The van der Waals surface area contributed by atoms with Crippen molar-refractivity contribution in [3.05, 3.63) is 77.1 Å². The van der Waals surface area contributed by atoms with Crippen LogP contribution in [-0.4, -0.2) is 69.8 Å². The molecule has 5 heterocycles. The van der Waals surface area contributed by atoms with E-state index in [1.54, 1.807) is 11.0 Å². The number of carbonyl (C=O) groups is 1. The molecule has 8 nitrogen and oxygen atoms in total. The highest BCUT2D eigenvalue weighted by molar-refractivity contribution is 5.86. The molecule has 1 atom stereocenters. The van der Waals surface area contributed by atoms with Gasteiger partial charge in [0.15, 0.2) is 0 Å². The van der Waals surface area contributed by atoms with Crippen molar-refractivity contribution < 1.29 is 27.4 Å². The van der Waals surface area contributed by atoms with Crippen LogP contribution in [0.2, 0.25) is 0 Å². The van der Waals surface area contributed by atoms with Crippen molar-refractivity contribution >= 4 is 16.8 Å². The van der Waals surface area contributed by atoms with Gasteiger partial charge < -0.3 is 19.3 Å². The number of amides is 1. The highest BCUT2D eigenvalue weighted by atomic mass is 19.4. The predicted molar refractivity (Wildman–Crippen MR) is 185 cm³/mol. The summed E-state index contributed by atoms with van der Waals surface area (Å²) in [5, 5.41) is 8.71. The second kappa shape index (κ2) is 14.3. The fourth-order valence-corrected chi connectivity index (χ4v) is 7.55. The SMILES string of the molecule is CC1CC(=O)N(Cc2cc3c(C(F)(F)F)cc(C4CCN(C5CCOCC5)CC4)nc3cc2Oc2ccc(-c3ccc(C(C)C)nn3)cc2)C1. The van der Waals surface area contributed by atoms with E-state index >= 15 is 0 Å². The Morgan fingerprint density at radius 1 is 0.960 bits per heavy atom. The Balaban J connectivity index is 1.21. The molecule has 0 radical (unpaired) electrons. The number of likely N-dealkylation sites (tertiary alicyclic amines) is 2. The molecule has 3 aliphatic heterocycles. The van der Waals surface area contributed by atoms with Gasteiger partial charge in [-0.15, -0.1) is 0 Å². The molecular weight excluding hydrogens is 643 g/mol. The van der Waals surface area contributed by atoms with Crippen molar-refractivity contribution in [3.8, 4) is 22.8 Å². The van der Waals surface area contributed by atoms with Gasteiger partial charge in [0.1, 0.15) is 11.5 Å². The maximum atomic E-state index is 14.8. The minimum Gasteiger partial charge on any atom is -0.457 e. The highest BCUT2D eigenvalue weighted by Crippen LogP contribution is 2.41. The van der Waals surface area contributed by atoms with E-state index in [4.69, 9.17) is 14.5 Å². The quantitative estimate of drug-likeness (QED) is 0.184. The fraction of sp³-hybridized carbons (Fsp3) is 0.487. The van der Waals surface area contributed by atoms with E-state index in [-0.39, 0.29) is 41.1 Å². The van der Waals surface area contributed by atoms with Crippen LogP contribution in [0.4, 0.5) is 13.2 Å². The van der Waals surface area contributed by atoms with Gasteiger partial charge in [-0.25, -0.2) is 0 Å². The number of aromatic nitrogens is 3. The molecular formula is C39H44F3N5O3. The summed E-state index contributed by atoms with van der Waals surface area (Å²) in [7, 11) is 0. The number of fused-ring (bicyclic) bond motifs is 1. The zero-order valence-electron chi connectivity index (χ0n) is 28.9. The number of benzene rings is 2. The Morgan fingerprint density at radius 3 is 2.32 bits per heavy atom. The smallest absolute Gasteiger partial charge is 0.417 e. The Bertz CT molecular complexity index is 1820. The fourth-order valence-electron chi connectivity index (χ4n) is 7.55. The second-order valence-electron chi connectivity index (χ2n) is 14.4. The van der Waals surface area contributed by atoms with E-state index in [1.165, 1.54) is 12.1 Å². The van der Waals surface area contributed by atoms with Crippen LogP contribution in [0.15, 0.2) is 54.6 Å². The molecule has 0 aliphatic carbocycles. The third-order valence-electron chi connectivity index (χ3n) is 10.4. The number of carbonyl (C=O) groups excluding carboxylic acids is 1. The van der Waals surface area contributed by atoms with Gasteiger partial charge in [0.2, 0.25) is 5.91 Å². The van der Waals surface area contributed by atoms with Gasteiger partial charge in [-0.05, 0) is 99.1 Å². The summed E-state index contributed by atoms with van der Waals surface area (Å²) >= 11 is 0. The molecule has 2 aromatic heterocycles. The zero-order chi connectivity index (χ0) is 35.0. The van der Waals surface area contributed by atoms with Crippen LogP contribution in [0.25, 0.3) is 22.2 Å². The number of piperidine rings is 1. The molecule has 1 unspecified atom stereocenters. The number of hydrogen-bond donors (Lipinski definition) is 0. The van der Waals surface area contributed by atoms with Crippen molar-refractivity contribution in [2.24, 2.45) is 5.92 Å². The van der Waals surface area contributed by atoms with Crippen molar-refractivity contribution in [2.45, 2.75) is 83.5 Å². The van der Waals surface area contributed by atoms with Crippen LogP contribution in [-0.2, 0) is 22.3 Å². The van der Waals surface area contributed by atoms with Gasteiger partial charge in [0, 0.05) is 73.0 Å². The lowest BCUT2D eigenvalue weighted by atomic mass is 9.89. The Labute approximate surface area is 291 Å². The minimum atomic E-state index is -4.58. The van der Waals surface area contributed by atoms with E-state index < -0.39 is 11.7 Å². The summed E-state index contributed by atoms with van der Waals surface area (Å²) in [6.45, 7) is 9.99. The van der Waals surface area contributed by atoms with Crippen LogP contribution < -0.4 is 4.74 Å². The van der Waals surface area contributed by atoms with Gasteiger partial charge in [-0.1, -0.05) is 20.8 Å². The summed E-state index contributed by atoms with van der Waals surface area (Å²) in [6, 6.07) is 16.1. The van der Waals surface area contributed by atoms with E-state index in [0.29, 0.717) is 41.8 Å². The number of halogens is 3. The van der Waals surface area contributed by atoms with Crippen LogP contribution in [0.1, 0.15) is 87.2 Å². The molecule has 2 aromatic carbocycles. The predicted octanol–water partition coefficient (Wildman–Crippen LogP) is 8.35. The van der Waals surface area contributed by atoms with Gasteiger partial charge in [-0.2, -0.15) is 23.4 Å². The Morgan fingerprint density at radius 2 is 1.70 bits per heavy atom. The maximum absolute atomic E-state index is 14.8. The molecule has 3 saturated heterocycles. The van der Waals surface area contributed by atoms with Crippen molar-refractivity contribution in [1.29, 1.82) is 0 Å². The molecule has 4 aromatic rings. The average Bonchev–Trinajstić information content (AvgIpc) is 3.44. The molecule has 264 valence electrons. The average molecular weight is 688 g/mol. The van der Waals surface area contributed by atoms with Crippen LogP contribution >= 0.6 is 0 Å². The first-order chi connectivity index (χ1) is 24.0. The van der Waals surface area contributed by atoms with Crippen LogP contribution in [0.3, 0.4) is 0 Å². The van der Waals surface area contributed by atoms with Gasteiger partial charge >= 0.3 is 6.18 Å². The topological polar surface area (TPSA) is 80.7 Å². The molecule has 0 saturated carbocycles. The first-order valence-corrected chi connectivity index (χ1v) is 17.8. The monoisotopic (exact) mass is 687 g/mol.